The zero-order valence-corrected chi connectivity index (χ0v) is 14.6. The summed E-state index contributed by atoms with van der Waals surface area (Å²) in [6.07, 6.45) is 7.16. The largest absolute Gasteiger partial charge is 0.373 e. The highest BCUT2D eigenvalue weighted by Gasteiger charge is 2.26. The summed E-state index contributed by atoms with van der Waals surface area (Å²) in [6.45, 7) is 2.60. The number of aromatic nitrogens is 7. The number of nitrogens with zero attached hydrogens (tertiary/aromatic N) is 8. The normalized spacial score (nSPS) is 16.6. The van der Waals surface area contributed by atoms with E-state index in [4.69, 9.17) is 4.74 Å². The molecule has 0 amide bonds. The van der Waals surface area contributed by atoms with Crippen LogP contribution < -0.4 is 4.90 Å². The molecule has 0 aliphatic carbocycles. The Bertz CT molecular complexity index is 1040. The third-order valence-corrected chi connectivity index (χ3v) is 4.68. The Hall–Kier alpha value is -3.33. The van der Waals surface area contributed by atoms with Crippen molar-refractivity contribution in [2.24, 2.45) is 0 Å². The maximum absolute atomic E-state index is 5.94. The van der Waals surface area contributed by atoms with Crippen LogP contribution in [0.15, 0.2) is 55.4 Å². The summed E-state index contributed by atoms with van der Waals surface area (Å²) < 4.78 is 9.82. The fraction of sp³-hybridized carbons (Fsp3) is 0.278. The molecular weight excluding hydrogens is 344 g/mol. The van der Waals surface area contributed by atoms with Crippen LogP contribution in [-0.2, 0) is 17.9 Å². The van der Waals surface area contributed by atoms with E-state index < -0.39 is 0 Å². The second-order valence-corrected chi connectivity index (χ2v) is 6.49. The molecule has 0 N–H and O–H groups in total. The van der Waals surface area contributed by atoms with Crippen LogP contribution in [0.5, 0.6) is 0 Å². The molecule has 1 aliphatic rings. The van der Waals surface area contributed by atoms with Crippen molar-refractivity contribution in [1.29, 1.82) is 0 Å². The third-order valence-electron chi connectivity index (χ3n) is 4.68. The van der Waals surface area contributed by atoms with Gasteiger partial charge in [-0.2, -0.15) is 4.52 Å². The van der Waals surface area contributed by atoms with Crippen LogP contribution in [0.25, 0.3) is 5.65 Å². The first-order chi connectivity index (χ1) is 13.4. The van der Waals surface area contributed by atoms with E-state index in [9.17, 15) is 0 Å². The number of hydrogen-bond acceptors (Lipinski definition) is 7. The average Bonchev–Trinajstić information content (AvgIpc) is 3.37. The van der Waals surface area contributed by atoms with Gasteiger partial charge in [0.15, 0.2) is 5.65 Å². The summed E-state index contributed by atoms with van der Waals surface area (Å²) in [4.78, 5) is 10.8. The van der Waals surface area contributed by atoms with Crippen LogP contribution >= 0.6 is 0 Å². The Morgan fingerprint density at radius 2 is 2.15 bits per heavy atom. The fourth-order valence-electron chi connectivity index (χ4n) is 3.36. The number of rotatable bonds is 5. The first kappa shape index (κ1) is 15.9. The number of fused-ring (bicyclic) bond motifs is 2. The molecule has 5 heterocycles. The van der Waals surface area contributed by atoms with Gasteiger partial charge in [-0.3, -0.25) is 4.98 Å². The van der Waals surface area contributed by atoms with E-state index in [0.29, 0.717) is 13.2 Å². The van der Waals surface area contributed by atoms with E-state index in [1.54, 1.807) is 17.0 Å². The van der Waals surface area contributed by atoms with Crippen LogP contribution in [0.4, 0.5) is 5.82 Å². The van der Waals surface area contributed by atoms with Crippen molar-refractivity contribution in [3.8, 4) is 0 Å². The van der Waals surface area contributed by atoms with E-state index in [2.05, 4.69) is 34.7 Å². The number of anilines is 1. The second kappa shape index (κ2) is 6.76. The van der Waals surface area contributed by atoms with Crippen molar-refractivity contribution in [2.75, 3.05) is 18.1 Å². The molecule has 1 unspecified atom stereocenters. The van der Waals surface area contributed by atoms with Crippen LogP contribution in [0.1, 0.15) is 17.4 Å². The molecule has 0 fully saturated rings. The molecule has 1 atom stereocenters. The molecule has 136 valence electrons. The minimum Gasteiger partial charge on any atom is -0.373 e. The minimum absolute atomic E-state index is 0.151. The molecule has 0 radical (unpaired) electrons. The molecule has 0 spiro atoms. The molecule has 27 heavy (non-hydrogen) atoms. The molecule has 0 saturated heterocycles. The maximum atomic E-state index is 5.94. The van der Waals surface area contributed by atoms with Gasteiger partial charge in [0.25, 0.3) is 0 Å². The van der Waals surface area contributed by atoms with Crippen molar-refractivity contribution >= 4 is 11.5 Å². The summed E-state index contributed by atoms with van der Waals surface area (Å²) >= 11 is 0. The maximum Gasteiger partial charge on any atom is 0.177 e. The highest BCUT2D eigenvalue weighted by atomic mass is 16.5. The van der Waals surface area contributed by atoms with Gasteiger partial charge in [0.2, 0.25) is 0 Å². The number of imidazole rings is 1. The Kier molecular flexibility index (Phi) is 3.98. The number of hydrogen-bond donors (Lipinski definition) is 0. The predicted octanol–water partition coefficient (Wildman–Crippen LogP) is 1.49. The Morgan fingerprint density at radius 1 is 1.15 bits per heavy atom. The first-order valence-electron chi connectivity index (χ1n) is 8.77. The number of ether oxygens (including phenoxy) is 1. The molecule has 9 heteroatoms. The lowest BCUT2D eigenvalue weighted by Gasteiger charge is -2.34. The highest BCUT2D eigenvalue weighted by molar-refractivity contribution is 5.46. The zero-order valence-electron chi connectivity index (χ0n) is 14.6. The van der Waals surface area contributed by atoms with E-state index in [0.717, 1.165) is 35.9 Å². The standard InChI is InChI=1S/C18H18N8O/c1-2-6-20-14(3-1)10-27-11-16-9-24(8-15-7-19-12-25(15)16)18-5-4-17-22-21-13-26(17)23-18/h1-7,12-13,16H,8-11H2. The quantitative estimate of drug-likeness (QED) is 0.532. The number of pyridine rings is 1. The summed E-state index contributed by atoms with van der Waals surface area (Å²) in [7, 11) is 0. The monoisotopic (exact) mass is 362 g/mol. The second-order valence-electron chi connectivity index (χ2n) is 6.49. The molecule has 4 aromatic heterocycles. The van der Waals surface area contributed by atoms with Crippen LogP contribution in [0.3, 0.4) is 0 Å². The summed E-state index contributed by atoms with van der Waals surface area (Å²) in [5, 5.41) is 12.5. The van der Waals surface area contributed by atoms with Crippen molar-refractivity contribution < 1.29 is 4.74 Å². The molecular formula is C18H18N8O. The van der Waals surface area contributed by atoms with Crippen molar-refractivity contribution in [1.82, 2.24) is 34.3 Å². The van der Waals surface area contributed by atoms with Gasteiger partial charge < -0.3 is 14.2 Å². The van der Waals surface area contributed by atoms with Crippen LogP contribution in [0, 0.1) is 0 Å². The fourth-order valence-corrected chi connectivity index (χ4v) is 3.36. The Morgan fingerprint density at radius 3 is 3.07 bits per heavy atom. The van der Waals surface area contributed by atoms with Gasteiger partial charge >= 0.3 is 0 Å². The van der Waals surface area contributed by atoms with Gasteiger partial charge in [-0.25, -0.2) is 4.98 Å². The third kappa shape index (κ3) is 3.13. The lowest BCUT2D eigenvalue weighted by molar-refractivity contribution is 0.0858. The van der Waals surface area contributed by atoms with Crippen LogP contribution in [-0.4, -0.2) is 47.5 Å². The Balaban J connectivity index is 1.34. The van der Waals surface area contributed by atoms with Crippen LogP contribution in [0.2, 0.25) is 0 Å². The van der Waals surface area contributed by atoms with Crippen molar-refractivity contribution in [3.63, 3.8) is 0 Å². The van der Waals surface area contributed by atoms with Crippen molar-refractivity contribution in [2.45, 2.75) is 19.2 Å². The molecule has 1 aliphatic heterocycles. The highest BCUT2D eigenvalue weighted by Crippen LogP contribution is 2.25. The minimum atomic E-state index is 0.151. The summed E-state index contributed by atoms with van der Waals surface area (Å²) in [6, 6.07) is 9.89. The smallest absolute Gasteiger partial charge is 0.177 e. The zero-order chi connectivity index (χ0) is 18.1. The van der Waals surface area contributed by atoms with Crippen molar-refractivity contribution in [3.05, 3.63) is 66.8 Å². The molecule has 0 aromatic carbocycles. The lowest BCUT2D eigenvalue weighted by atomic mass is 10.2. The molecule has 0 bridgehead atoms. The predicted molar refractivity (Wildman–Crippen MR) is 97.0 cm³/mol. The molecule has 4 aromatic rings. The van der Waals surface area contributed by atoms with E-state index in [1.165, 1.54) is 0 Å². The SMILES string of the molecule is c1ccc(COCC2CN(c3ccc4nncn4n3)Cc3cncn32)nc1. The van der Waals surface area contributed by atoms with Gasteiger partial charge in [-0.15, -0.1) is 15.3 Å². The van der Waals surface area contributed by atoms with E-state index in [-0.39, 0.29) is 6.04 Å². The average molecular weight is 362 g/mol. The summed E-state index contributed by atoms with van der Waals surface area (Å²) in [5.74, 6) is 0.879. The van der Waals surface area contributed by atoms with E-state index in [1.807, 2.05) is 42.9 Å². The Labute approximate surface area is 155 Å². The van der Waals surface area contributed by atoms with Gasteiger partial charge in [0.1, 0.15) is 12.1 Å². The van der Waals surface area contributed by atoms with Gasteiger partial charge in [0.05, 0.1) is 43.5 Å². The van der Waals surface area contributed by atoms with Gasteiger partial charge in [0, 0.05) is 18.9 Å². The molecule has 5 rings (SSSR count). The molecule has 9 nitrogen and oxygen atoms in total. The lowest BCUT2D eigenvalue weighted by Crippen LogP contribution is -2.39. The van der Waals surface area contributed by atoms with Gasteiger partial charge in [-0.1, -0.05) is 6.07 Å². The molecule has 0 saturated carbocycles. The van der Waals surface area contributed by atoms with E-state index >= 15 is 0 Å². The van der Waals surface area contributed by atoms with Gasteiger partial charge in [-0.05, 0) is 24.3 Å². The topological polar surface area (TPSA) is 86.3 Å². The first-order valence-corrected chi connectivity index (χ1v) is 8.77. The summed E-state index contributed by atoms with van der Waals surface area (Å²) in [5.41, 5.74) is 2.80.